The molecule has 0 amide bonds. The maximum absolute atomic E-state index is 5.60. The van der Waals surface area contributed by atoms with E-state index in [4.69, 9.17) is 18.9 Å². The largest absolute Gasteiger partial charge is 0.378 e. The van der Waals surface area contributed by atoms with Crippen LogP contribution in [0.2, 0.25) is 0 Å². The Morgan fingerprint density at radius 2 is 1.42 bits per heavy atom. The Labute approximate surface area is 124 Å². The van der Waals surface area contributed by atoms with Crippen LogP contribution in [-0.4, -0.2) is 74.4 Å². The van der Waals surface area contributed by atoms with Crippen LogP contribution in [0.25, 0.3) is 0 Å². The van der Waals surface area contributed by atoms with Crippen LogP contribution in [0.3, 0.4) is 0 Å². The van der Waals surface area contributed by atoms with E-state index in [-0.39, 0.29) is 6.10 Å². The topological polar surface area (TPSA) is 36.9 Å². The summed E-state index contributed by atoms with van der Waals surface area (Å²) in [6.07, 6.45) is 0.123. The molecule has 2 saturated heterocycles. The summed E-state index contributed by atoms with van der Waals surface area (Å²) in [6, 6.07) is 0. The van der Waals surface area contributed by atoms with Gasteiger partial charge in [0.05, 0.1) is 52.4 Å². The predicted molar refractivity (Wildman–Crippen MR) is 80.4 cm³/mol. The van der Waals surface area contributed by atoms with Gasteiger partial charge in [-0.3, -0.25) is 0 Å². The van der Waals surface area contributed by atoms with Crippen LogP contribution in [0, 0.1) is 0 Å². The van der Waals surface area contributed by atoms with Crippen molar-refractivity contribution in [1.29, 1.82) is 0 Å². The summed E-state index contributed by atoms with van der Waals surface area (Å²) in [5.74, 6) is 2.51. The molecule has 0 saturated carbocycles. The lowest BCUT2D eigenvalue weighted by molar-refractivity contribution is -0.0387. The lowest BCUT2D eigenvalue weighted by Crippen LogP contribution is -2.20. The smallest absolute Gasteiger partial charge is 0.0781 e. The first-order valence-corrected chi connectivity index (χ1v) is 9.02. The molecule has 2 heterocycles. The summed E-state index contributed by atoms with van der Waals surface area (Å²) < 4.78 is 22.1. The Morgan fingerprint density at radius 1 is 0.895 bits per heavy atom. The van der Waals surface area contributed by atoms with Crippen molar-refractivity contribution < 1.29 is 18.9 Å². The van der Waals surface area contributed by atoms with Gasteiger partial charge in [-0.1, -0.05) is 0 Å². The molecule has 0 N–H and O–H groups in total. The highest BCUT2D eigenvalue weighted by Crippen LogP contribution is 2.30. The summed E-state index contributed by atoms with van der Waals surface area (Å²) in [5.41, 5.74) is 0. The Hall–Kier alpha value is 0.540. The van der Waals surface area contributed by atoms with Crippen molar-refractivity contribution in [3.63, 3.8) is 0 Å². The Morgan fingerprint density at radius 3 is 2.00 bits per heavy atom. The first-order chi connectivity index (χ1) is 9.34. The molecule has 112 valence electrons. The average molecular weight is 308 g/mol. The minimum absolute atomic E-state index is 0.123. The summed E-state index contributed by atoms with van der Waals surface area (Å²) in [5, 5.41) is 1.49. The van der Waals surface area contributed by atoms with Gasteiger partial charge in [0.25, 0.3) is 0 Å². The molecule has 19 heavy (non-hydrogen) atoms. The second-order valence-electron chi connectivity index (χ2n) is 4.82. The Kier molecular flexibility index (Phi) is 7.94. The van der Waals surface area contributed by atoms with Crippen LogP contribution in [0.15, 0.2) is 0 Å². The van der Waals surface area contributed by atoms with Crippen LogP contribution in [0.4, 0.5) is 0 Å². The molecule has 0 aromatic heterocycles. The Bertz CT molecular complexity index is 235. The minimum atomic E-state index is 0.123. The Balaban J connectivity index is 1.27. The minimum Gasteiger partial charge on any atom is -0.378 e. The second-order valence-corrected chi connectivity index (χ2v) is 7.48. The number of rotatable bonds is 13. The fraction of sp³-hybridized carbons (Fsp3) is 1.00. The third kappa shape index (κ3) is 9.15. The molecule has 6 heteroatoms. The van der Waals surface area contributed by atoms with Crippen LogP contribution >= 0.6 is 23.5 Å². The lowest BCUT2D eigenvalue weighted by atomic mass is 10.4. The van der Waals surface area contributed by atoms with E-state index in [1.807, 2.05) is 30.4 Å². The SMILES string of the molecule is CC(COCCOCC1CS1)OCCOCC1CS1. The van der Waals surface area contributed by atoms with Gasteiger partial charge < -0.3 is 18.9 Å². The first kappa shape index (κ1) is 15.9. The quantitative estimate of drug-likeness (QED) is 0.381. The molecule has 0 aromatic carbocycles. The average Bonchev–Trinajstić information content (AvgIpc) is 3.26. The molecule has 3 atom stereocenters. The highest BCUT2D eigenvalue weighted by molar-refractivity contribution is 8.07. The van der Waals surface area contributed by atoms with E-state index >= 15 is 0 Å². The standard InChI is InChI=1S/C13H24O4S2/c1-11(17-5-4-16-8-13-10-19-13)6-14-2-3-15-7-12-9-18-12/h11-13H,2-10H2,1H3. The van der Waals surface area contributed by atoms with Gasteiger partial charge >= 0.3 is 0 Å². The van der Waals surface area contributed by atoms with Crippen molar-refractivity contribution >= 4 is 23.5 Å². The van der Waals surface area contributed by atoms with Gasteiger partial charge in [-0.05, 0) is 6.92 Å². The third-order valence-electron chi connectivity index (χ3n) is 2.77. The maximum Gasteiger partial charge on any atom is 0.0781 e. The molecule has 4 nitrogen and oxygen atoms in total. The molecule has 0 aromatic rings. The molecular formula is C13H24O4S2. The van der Waals surface area contributed by atoms with E-state index in [2.05, 4.69) is 0 Å². The highest BCUT2D eigenvalue weighted by Gasteiger charge is 2.22. The van der Waals surface area contributed by atoms with Gasteiger partial charge in [-0.2, -0.15) is 23.5 Å². The van der Waals surface area contributed by atoms with Gasteiger partial charge in [-0.15, -0.1) is 0 Å². The fourth-order valence-corrected chi connectivity index (χ4v) is 2.33. The lowest BCUT2D eigenvalue weighted by Gasteiger charge is -2.13. The molecule has 2 fully saturated rings. The number of ether oxygens (including phenoxy) is 4. The van der Waals surface area contributed by atoms with Crippen LogP contribution in [0.5, 0.6) is 0 Å². The predicted octanol–water partition coefficient (Wildman–Crippen LogP) is 1.67. The van der Waals surface area contributed by atoms with Crippen LogP contribution in [-0.2, 0) is 18.9 Å². The molecule has 0 radical (unpaired) electrons. The third-order valence-corrected chi connectivity index (χ3v) is 4.65. The molecule has 3 unspecified atom stereocenters. The zero-order valence-corrected chi connectivity index (χ0v) is 13.2. The van der Waals surface area contributed by atoms with Crippen molar-refractivity contribution in [3.05, 3.63) is 0 Å². The van der Waals surface area contributed by atoms with E-state index in [1.165, 1.54) is 11.5 Å². The summed E-state index contributed by atoms with van der Waals surface area (Å²) in [4.78, 5) is 0. The van der Waals surface area contributed by atoms with E-state index in [1.54, 1.807) is 0 Å². The summed E-state index contributed by atoms with van der Waals surface area (Å²) >= 11 is 3.91. The van der Waals surface area contributed by atoms with E-state index in [0.29, 0.717) is 33.0 Å². The number of thioether (sulfide) groups is 2. The fourth-order valence-electron chi connectivity index (χ4n) is 1.48. The number of hydrogen-bond acceptors (Lipinski definition) is 6. The molecule has 0 spiro atoms. The van der Waals surface area contributed by atoms with Crippen molar-refractivity contribution in [2.24, 2.45) is 0 Å². The molecule has 2 aliphatic heterocycles. The van der Waals surface area contributed by atoms with Gasteiger partial charge in [0.2, 0.25) is 0 Å². The van der Waals surface area contributed by atoms with E-state index < -0.39 is 0 Å². The molecule has 2 rings (SSSR count). The molecule has 0 bridgehead atoms. The van der Waals surface area contributed by atoms with Gasteiger partial charge in [0.15, 0.2) is 0 Å². The highest BCUT2D eigenvalue weighted by atomic mass is 32.2. The van der Waals surface area contributed by atoms with Crippen molar-refractivity contribution in [2.75, 3.05) is 57.8 Å². The molecule has 2 aliphatic rings. The second kappa shape index (κ2) is 9.47. The van der Waals surface area contributed by atoms with E-state index in [9.17, 15) is 0 Å². The van der Waals surface area contributed by atoms with E-state index in [0.717, 1.165) is 23.7 Å². The van der Waals surface area contributed by atoms with Crippen LogP contribution in [0.1, 0.15) is 6.92 Å². The first-order valence-electron chi connectivity index (χ1n) is 6.92. The zero-order valence-electron chi connectivity index (χ0n) is 11.5. The van der Waals surface area contributed by atoms with Crippen molar-refractivity contribution in [2.45, 2.75) is 23.5 Å². The molecule has 0 aliphatic carbocycles. The normalized spacial score (nSPS) is 26.4. The summed E-state index contributed by atoms with van der Waals surface area (Å²) in [7, 11) is 0. The maximum atomic E-state index is 5.60. The van der Waals surface area contributed by atoms with Crippen molar-refractivity contribution in [3.8, 4) is 0 Å². The number of hydrogen-bond donors (Lipinski definition) is 0. The monoisotopic (exact) mass is 308 g/mol. The zero-order chi connectivity index (χ0) is 13.3. The van der Waals surface area contributed by atoms with Gasteiger partial charge in [-0.25, -0.2) is 0 Å². The van der Waals surface area contributed by atoms with Crippen LogP contribution < -0.4 is 0 Å². The van der Waals surface area contributed by atoms with Gasteiger partial charge in [0, 0.05) is 22.0 Å². The van der Waals surface area contributed by atoms with Gasteiger partial charge in [0.1, 0.15) is 0 Å². The summed E-state index contributed by atoms with van der Waals surface area (Å²) in [6.45, 7) is 7.07. The van der Waals surface area contributed by atoms with Crippen molar-refractivity contribution in [1.82, 2.24) is 0 Å². The molecular weight excluding hydrogens is 284 g/mol.